The normalized spacial score (nSPS) is 10.8. The number of carbonyl (C=O) groups excluding carboxylic acids is 1. The van der Waals surface area contributed by atoms with Crippen molar-refractivity contribution in [3.63, 3.8) is 0 Å². The molecule has 0 spiro atoms. The number of ether oxygens (including phenoxy) is 1. The van der Waals surface area contributed by atoms with Gasteiger partial charge in [-0.15, -0.1) is 0 Å². The zero-order valence-electron chi connectivity index (χ0n) is 19.2. The molecule has 0 fully saturated rings. The number of rotatable bonds is 6. The Morgan fingerprint density at radius 2 is 1.34 bits per heavy atom. The molecule has 6 nitrogen and oxygen atoms in total. The van der Waals surface area contributed by atoms with Gasteiger partial charge in [-0.25, -0.2) is 9.36 Å². The first-order valence-electron chi connectivity index (χ1n) is 10.4. The molecule has 0 unspecified atom stereocenters. The smallest absolute Gasteiger partial charge is 0.126 e. The first-order chi connectivity index (χ1) is 16.7. The maximum Gasteiger partial charge on any atom is 0.126 e. The summed E-state index contributed by atoms with van der Waals surface area (Å²) in [5, 5.41) is 10.8. The number of aromatic nitrogens is 4. The van der Waals surface area contributed by atoms with Gasteiger partial charge in [-0.05, 0) is 62.4 Å². The van der Waals surface area contributed by atoms with Gasteiger partial charge in [-0.1, -0.05) is 46.4 Å². The van der Waals surface area contributed by atoms with Crippen LogP contribution in [0.25, 0.3) is 17.5 Å². The van der Waals surface area contributed by atoms with Crippen LogP contribution < -0.4 is 0 Å². The summed E-state index contributed by atoms with van der Waals surface area (Å²) in [5.74, 6) is 0. The quantitative estimate of drug-likeness (QED) is 0.186. The Morgan fingerprint density at radius 1 is 0.800 bits per heavy atom. The minimum atomic E-state index is 0.315. The fourth-order valence-electron chi connectivity index (χ4n) is 3.20. The Labute approximate surface area is 223 Å². The van der Waals surface area contributed by atoms with Gasteiger partial charge in [0.15, 0.2) is 0 Å². The topological polar surface area (TPSA) is 61.9 Å². The van der Waals surface area contributed by atoms with Crippen LogP contribution in [-0.2, 0) is 16.0 Å². The van der Waals surface area contributed by atoms with Crippen molar-refractivity contribution in [1.82, 2.24) is 19.6 Å². The Bertz CT molecular complexity index is 1360. The fourth-order valence-corrected chi connectivity index (χ4v) is 3.78. The van der Waals surface area contributed by atoms with Gasteiger partial charge in [-0.3, -0.25) is 0 Å². The summed E-state index contributed by atoms with van der Waals surface area (Å²) in [4.78, 5) is 10.4. The van der Waals surface area contributed by atoms with Crippen molar-refractivity contribution in [2.45, 2.75) is 20.3 Å². The minimum Gasteiger partial charge on any atom is -0.504 e. The highest BCUT2D eigenvalue weighted by Crippen LogP contribution is 2.26. The Morgan fingerprint density at radius 3 is 1.86 bits per heavy atom. The Hall–Kier alpha value is -2.77. The second-order valence-corrected chi connectivity index (χ2v) is 9.05. The van der Waals surface area contributed by atoms with Crippen LogP contribution in [0.3, 0.4) is 0 Å². The minimum absolute atomic E-state index is 0.315. The predicted molar refractivity (Wildman–Crippen MR) is 142 cm³/mol. The highest BCUT2D eigenvalue weighted by atomic mass is 35.5. The lowest BCUT2D eigenvalue weighted by molar-refractivity contribution is -0.107. The molecule has 0 aliphatic heterocycles. The van der Waals surface area contributed by atoms with E-state index in [-0.39, 0.29) is 0 Å². The summed E-state index contributed by atoms with van der Waals surface area (Å²) in [6, 6.07) is 14.5. The number of aldehydes is 1. The molecular formula is C25H22Cl4N4O2. The van der Waals surface area contributed by atoms with Gasteiger partial charge in [0.05, 0.1) is 56.2 Å². The van der Waals surface area contributed by atoms with Crippen molar-refractivity contribution in [2.75, 3.05) is 7.11 Å². The summed E-state index contributed by atoms with van der Waals surface area (Å²) in [6.45, 7) is 3.89. The molecule has 0 bridgehead atoms. The predicted octanol–water partition coefficient (Wildman–Crippen LogP) is 7.33. The molecule has 0 saturated carbocycles. The van der Waals surface area contributed by atoms with Crippen LogP contribution >= 0.6 is 46.4 Å². The summed E-state index contributed by atoms with van der Waals surface area (Å²) < 4.78 is 8.41. The summed E-state index contributed by atoms with van der Waals surface area (Å²) in [7, 11) is 1.60. The summed E-state index contributed by atoms with van der Waals surface area (Å²) >= 11 is 23.7. The standard InChI is InChI=1S/C13H12Cl2N2O.C12H10Cl2N2O/c1-9-7-10(5-6-18-2)16-17(9)11-3-4-12(14)13(15)8-11;1-8-6-9(4-5-17)15-16(8)10-2-3-11(13)12(14)7-10/h3-8H,1-2H3;2-3,5-7H,4H2,1H3. The molecule has 0 aliphatic rings. The number of nitrogens with zero attached hydrogens (tertiary/aromatic N) is 4. The number of methoxy groups -OCH3 is 1. The van der Waals surface area contributed by atoms with Crippen LogP contribution in [0, 0.1) is 13.8 Å². The van der Waals surface area contributed by atoms with Crippen LogP contribution in [0.4, 0.5) is 0 Å². The summed E-state index contributed by atoms with van der Waals surface area (Å²) in [5.41, 5.74) is 5.21. The zero-order chi connectivity index (χ0) is 25.5. The molecule has 0 N–H and O–H groups in total. The lowest BCUT2D eigenvalue weighted by atomic mass is 10.3. The second-order valence-electron chi connectivity index (χ2n) is 7.42. The maximum atomic E-state index is 10.4. The van der Waals surface area contributed by atoms with E-state index >= 15 is 0 Å². The second kappa shape index (κ2) is 12.3. The lowest BCUT2D eigenvalue weighted by Gasteiger charge is -2.05. The van der Waals surface area contributed by atoms with E-state index in [1.807, 2.05) is 38.1 Å². The highest BCUT2D eigenvalue weighted by molar-refractivity contribution is 6.42. The van der Waals surface area contributed by atoms with Crippen molar-refractivity contribution in [2.24, 2.45) is 0 Å². The number of halogens is 4. The van der Waals surface area contributed by atoms with E-state index in [1.54, 1.807) is 53.1 Å². The zero-order valence-corrected chi connectivity index (χ0v) is 22.2. The van der Waals surface area contributed by atoms with E-state index in [2.05, 4.69) is 10.2 Å². The van der Waals surface area contributed by atoms with E-state index in [9.17, 15) is 4.79 Å². The van der Waals surface area contributed by atoms with E-state index in [0.717, 1.165) is 40.4 Å². The van der Waals surface area contributed by atoms with Crippen molar-refractivity contribution in [1.29, 1.82) is 0 Å². The lowest BCUT2D eigenvalue weighted by Crippen LogP contribution is -1.99. The van der Waals surface area contributed by atoms with Crippen LogP contribution in [-0.4, -0.2) is 33.0 Å². The molecule has 2 heterocycles. The van der Waals surface area contributed by atoms with Gasteiger partial charge in [0.1, 0.15) is 6.29 Å². The van der Waals surface area contributed by atoms with Crippen LogP contribution in [0.1, 0.15) is 22.8 Å². The highest BCUT2D eigenvalue weighted by Gasteiger charge is 2.08. The average molecular weight is 552 g/mol. The third-order valence-corrected chi connectivity index (χ3v) is 6.29. The van der Waals surface area contributed by atoms with Crippen molar-refractivity contribution < 1.29 is 9.53 Å². The monoisotopic (exact) mass is 550 g/mol. The van der Waals surface area contributed by atoms with E-state index < -0.39 is 0 Å². The Balaban J connectivity index is 0.000000196. The molecule has 4 aromatic rings. The summed E-state index contributed by atoms with van der Waals surface area (Å²) in [6.07, 6.45) is 4.53. The third-order valence-electron chi connectivity index (χ3n) is 4.81. The molecular weight excluding hydrogens is 530 g/mol. The average Bonchev–Trinajstić information content (AvgIpc) is 3.38. The van der Waals surface area contributed by atoms with Crippen molar-refractivity contribution in [3.05, 3.63) is 97.7 Å². The fraction of sp³-hybridized carbons (Fsp3) is 0.160. The van der Waals surface area contributed by atoms with Gasteiger partial charge in [-0.2, -0.15) is 10.2 Å². The number of aryl methyl sites for hydroxylation is 2. The van der Waals surface area contributed by atoms with Gasteiger partial charge in [0, 0.05) is 23.9 Å². The first kappa shape index (κ1) is 26.8. The molecule has 0 atom stereocenters. The van der Waals surface area contributed by atoms with Crippen LogP contribution in [0.2, 0.25) is 20.1 Å². The number of carbonyl (C=O) groups is 1. The van der Waals surface area contributed by atoms with Gasteiger partial charge in [0.2, 0.25) is 0 Å². The molecule has 10 heteroatoms. The number of benzene rings is 2. The van der Waals surface area contributed by atoms with Crippen molar-refractivity contribution >= 4 is 58.8 Å². The van der Waals surface area contributed by atoms with Gasteiger partial charge in [0.25, 0.3) is 0 Å². The first-order valence-corrected chi connectivity index (χ1v) is 11.9. The van der Waals surface area contributed by atoms with Crippen molar-refractivity contribution in [3.8, 4) is 11.4 Å². The van der Waals surface area contributed by atoms with Gasteiger partial charge < -0.3 is 9.53 Å². The SMILES string of the molecule is COC=Cc1cc(C)n(-c2ccc(Cl)c(Cl)c2)n1.Cc1cc(CC=O)nn1-c1ccc(Cl)c(Cl)c1. The van der Waals surface area contributed by atoms with Gasteiger partial charge >= 0.3 is 0 Å². The number of hydrogen-bond donors (Lipinski definition) is 0. The van der Waals surface area contributed by atoms with Crippen LogP contribution in [0.15, 0.2) is 54.8 Å². The van der Waals surface area contributed by atoms with E-state index in [4.69, 9.17) is 51.1 Å². The largest absolute Gasteiger partial charge is 0.504 e. The van der Waals surface area contributed by atoms with E-state index in [1.165, 1.54) is 0 Å². The third kappa shape index (κ3) is 6.89. The molecule has 4 rings (SSSR count). The Kier molecular flexibility index (Phi) is 9.40. The molecule has 0 amide bonds. The molecule has 35 heavy (non-hydrogen) atoms. The molecule has 2 aromatic carbocycles. The molecule has 0 saturated heterocycles. The van der Waals surface area contributed by atoms with Crippen LogP contribution in [0.5, 0.6) is 0 Å². The molecule has 0 radical (unpaired) electrons. The molecule has 2 aromatic heterocycles. The molecule has 0 aliphatic carbocycles. The maximum absolute atomic E-state index is 10.4. The molecule has 182 valence electrons. The number of hydrogen-bond acceptors (Lipinski definition) is 4. The van der Waals surface area contributed by atoms with E-state index in [0.29, 0.717) is 26.5 Å².